The molecule has 0 spiro atoms. The Morgan fingerprint density at radius 1 is 1.00 bits per heavy atom. The maximum absolute atomic E-state index is 14.0. The molecule has 0 N–H and O–H groups in total. The fourth-order valence-corrected chi connectivity index (χ4v) is 3.73. The minimum Gasteiger partial charge on any atom is -0.458 e. The van der Waals surface area contributed by atoms with Crippen LogP contribution in [0.15, 0.2) is 67.1 Å². The van der Waals surface area contributed by atoms with Crippen molar-refractivity contribution in [2.24, 2.45) is 0 Å². The molecule has 0 bridgehead atoms. The average Bonchev–Trinajstić information content (AvgIpc) is 3.50. The minimum atomic E-state index is -2.87. The van der Waals surface area contributed by atoms with Crippen LogP contribution < -0.4 is 9.85 Å². The smallest absolute Gasteiger partial charge is 0.378 e. The highest BCUT2D eigenvalue weighted by atomic mass is 16.7. The van der Waals surface area contributed by atoms with Crippen LogP contribution in [0, 0.1) is 20.2 Å². The van der Waals surface area contributed by atoms with Gasteiger partial charge < -0.3 is 9.57 Å². The molecule has 202 valence electrons. The highest BCUT2D eigenvalue weighted by Gasteiger charge is 2.62. The number of hydrogen-bond acceptors (Lipinski definition) is 11. The first-order valence-corrected chi connectivity index (χ1v) is 11.4. The second-order valence-corrected chi connectivity index (χ2v) is 9.24. The number of para-hydroxylation sites is 2. The quantitative estimate of drug-likeness (QED) is 0.0985. The molecular weight excluding hydrogens is 516 g/mol. The van der Waals surface area contributed by atoms with E-state index in [4.69, 9.17) is 9.57 Å². The number of aromatic nitrogens is 5. The molecular formula is C23H22N8O8. The summed E-state index contributed by atoms with van der Waals surface area (Å²) in [5, 5.41) is 30.0. The molecule has 0 aliphatic carbocycles. The van der Waals surface area contributed by atoms with Gasteiger partial charge in [0.05, 0.1) is 11.9 Å². The number of anilines is 1. The Morgan fingerprint density at radius 3 is 2.28 bits per heavy atom. The van der Waals surface area contributed by atoms with Gasteiger partial charge in [-0.15, -0.1) is 5.10 Å². The first-order chi connectivity index (χ1) is 18.4. The number of benzene rings is 2. The van der Waals surface area contributed by atoms with Gasteiger partial charge in [-0.3, -0.25) is 0 Å². The van der Waals surface area contributed by atoms with E-state index >= 15 is 0 Å². The summed E-state index contributed by atoms with van der Waals surface area (Å²) in [5.74, 6) is -2.83. The molecule has 0 saturated carbocycles. The third kappa shape index (κ3) is 5.34. The van der Waals surface area contributed by atoms with Crippen molar-refractivity contribution in [3.8, 4) is 0 Å². The van der Waals surface area contributed by atoms with Crippen molar-refractivity contribution in [3.05, 3.63) is 93.0 Å². The molecule has 1 atom stereocenters. The van der Waals surface area contributed by atoms with E-state index in [0.717, 1.165) is 17.4 Å². The maximum Gasteiger partial charge on any atom is 0.378 e. The third-order valence-electron chi connectivity index (χ3n) is 5.34. The van der Waals surface area contributed by atoms with E-state index < -0.39 is 39.6 Å². The van der Waals surface area contributed by atoms with E-state index in [1.54, 1.807) is 24.3 Å². The van der Waals surface area contributed by atoms with Gasteiger partial charge in [0.25, 0.3) is 0 Å². The SMILES string of the molecule is CC(C)(C)OC(=O)[C@](Cc1cn([N+](=O)[O-])cn1)(C(=O)On1nnc2ccccc21)N(c1ccccc1)[N+](=O)[O-]. The van der Waals surface area contributed by atoms with E-state index in [0.29, 0.717) is 15.2 Å². The fourth-order valence-electron chi connectivity index (χ4n) is 3.73. The number of ether oxygens (including phenoxy) is 1. The van der Waals surface area contributed by atoms with Gasteiger partial charge in [0.2, 0.25) is 0 Å². The standard InChI is InChI=1S/C23H22N8O8/c1-22(2,3)38-20(32)23(13-16-14-27(15-24-16)30(34)35,28(31(36)37)17-9-5-4-6-10-17)21(33)39-29-19-12-8-7-11-18(19)25-26-29/h4-12,14-15H,13H2,1-3H3/t23-/m1/s1. The lowest BCUT2D eigenvalue weighted by molar-refractivity contribution is -0.542. The largest absolute Gasteiger partial charge is 0.458 e. The van der Waals surface area contributed by atoms with Gasteiger partial charge in [-0.05, 0) is 50.3 Å². The first kappa shape index (κ1) is 26.6. The Labute approximate surface area is 219 Å². The predicted molar refractivity (Wildman–Crippen MR) is 132 cm³/mol. The molecule has 2 aromatic carbocycles. The van der Waals surface area contributed by atoms with Crippen molar-refractivity contribution < 1.29 is 29.2 Å². The van der Waals surface area contributed by atoms with E-state index in [-0.39, 0.29) is 16.9 Å². The third-order valence-corrected chi connectivity index (χ3v) is 5.34. The van der Waals surface area contributed by atoms with Gasteiger partial charge in [0.1, 0.15) is 22.3 Å². The zero-order chi connectivity index (χ0) is 28.4. The lowest BCUT2D eigenvalue weighted by atomic mass is 9.91. The molecule has 0 aliphatic rings. The van der Waals surface area contributed by atoms with E-state index in [1.807, 2.05) is 0 Å². The zero-order valence-corrected chi connectivity index (χ0v) is 20.9. The lowest BCUT2D eigenvalue weighted by Gasteiger charge is -2.34. The lowest BCUT2D eigenvalue weighted by Crippen LogP contribution is -2.67. The number of fused-ring (bicyclic) bond motifs is 1. The maximum atomic E-state index is 14.0. The molecule has 4 aromatic rings. The van der Waals surface area contributed by atoms with Gasteiger partial charge in [0, 0.05) is 6.42 Å². The summed E-state index contributed by atoms with van der Waals surface area (Å²) in [7, 11) is 0. The van der Waals surface area contributed by atoms with E-state index in [9.17, 15) is 29.8 Å². The van der Waals surface area contributed by atoms with Gasteiger partial charge in [-0.1, -0.05) is 44.9 Å². The zero-order valence-electron chi connectivity index (χ0n) is 20.9. The molecule has 0 saturated heterocycles. The van der Waals surface area contributed by atoms with Crippen LogP contribution in [0.2, 0.25) is 0 Å². The van der Waals surface area contributed by atoms with Crippen LogP contribution in [-0.4, -0.2) is 58.0 Å². The number of imidazole rings is 1. The summed E-state index contributed by atoms with van der Waals surface area (Å²) in [6, 6.07) is 13.5. The minimum absolute atomic E-state index is 0.178. The van der Waals surface area contributed by atoms with Gasteiger partial charge in [-0.2, -0.15) is 0 Å². The topological polar surface area (TPSA) is 191 Å². The first-order valence-electron chi connectivity index (χ1n) is 11.4. The molecule has 2 aromatic heterocycles. The van der Waals surface area contributed by atoms with Crippen LogP contribution in [-0.2, 0) is 20.7 Å². The number of nitro groups is 2. The predicted octanol–water partition coefficient (Wildman–Crippen LogP) is 1.64. The number of nitrogens with zero attached hydrogens (tertiary/aromatic N) is 8. The summed E-state index contributed by atoms with van der Waals surface area (Å²) in [6.45, 7) is 4.52. The van der Waals surface area contributed by atoms with Gasteiger partial charge in [-0.25, -0.2) is 34.8 Å². The number of hydrazine groups is 1. The number of rotatable bonds is 9. The van der Waals surface area contributed by atoms with Crippen molar-refractivity contribution in [1.82, 2.24) is 24.8 Å². The summed E-state index contributed by atoms with van der Waals surface area (Å²) < 4.78 is 5.99. The Hall–Kier alpha value is -5.41. The van der Waals surface area contributed by atoms with Gasteiger partial charge >= 0.3 is 17.5 Å². The summed E-state index contributed by atoms with van der Waals surface area (Å²) >= 11 is 0. The highest BCUT2D eigenvalue weighted by Crippen LogP contribution is 2.32. The molecule has 16 nitrogen and oxygen atoms in total. The molecule has 2 heterocycles. The summed E-state index contributed by atoms with van der Waals surface area (Å²) in [5.41, 5.74) is -3.90. The number of carbonyl (C=O) groups is 2. The number of carbonyl (C=O) groups excluding carboxylic acids is 2. The number of hydrogen-bond donors (Lipinski definition) is 0. The van der Waals surface area contributed by atoms with Crippen LogP contribution in [0.3, 0.4) is 0 Å². The van der Waals surface area contributed by atoms with Crippen molar-refractivity contribution in [2.45, 2.75) is 38.3 Å². The Morgan fingerprint density at radius 2 is 1.67 bits per heavy atom. The Kier molecular flexibility index (Phi) is 6.94. The van der Waals surface area contributed by atoms with Crippen LogP contribution in [0.5, 0.6) is 0 Å². The fraction of sp³-hybridized carbons (Fsp3) is 0.261. The molecule has 0 aliphatic heterocycles. The molecule has 0 unspecified atom stereocenters. The van der Waals surface area contributed by atoms with Crippen LogP contribution in [0.25, 0.3) is 11.0 Å². The van der Waals surface area contributed by atoms with Gasteiger partial charge in [0.15, 0.2) is 16.4 Å². The summed E-state index contributed by atoms with van der Waals surface area (Å²) in [6.07, 6.45) is 0.898. The van der Waals surface area contributed by atoms with Crippen molar-refractivity contribution in [1.29, 1.82) is 0 Å². The van der Waals surface area contributed by atoms with E-state index in [1.165, 1.54) is 51.1 Å². The molecule has 0 amide bonds. The molecule has 16 heteroatoms. The van der Waals surface area contributed by atoms with E-state index in [2.05, 4.69) is 15.3 Å². The molecule has 39 heavy (non-hydrogen) atoms. The van der Waals surface area contributed by atoms with Crippen LogP contribution in [0.1, 0.15) is 26.5 Å². The van der Waals surface area contributed by atoms with Crippen molar-refractivity contribution in [3.63, 3.8) is 0 Å². The highest BCUT2D eigenvalue weighted by molar-refractivity contribution is 6.08. The molecule has 0 fully saturated rings. The average molecular weight is 538 g/mol. The van der Waals surface area contributed by atoms with Crippen molar-refractivity contribution in [2.75, 3.05) is 5.01 Å². The summed E-state index contributed by atoms with van der Waals surface area (Å²) in [4.78, 5) is 61.8. The Balaban J connectivity index is 1.94. The molecule has 4 rings (SSSR count). The molecule has 0 radical (unpaired) electrons. The van der Waals surface area contributed by atoms with Crippen LogP contribution in [0.4, 0.5) is 5.69 Å². The monoisotopic (exact) mass is 538 g/mol. The second kappa shape index (κ2) is 10.2. The second-order valence-electron chi connectivity index (χ2n) is 9.24. The Bertz CT molecular complexity index is 1540. The van der Waals surface area contributed by atoms with Crippen LogP contribution >= 0.6 is 0 Å². The number of esters is 1. The van der Waals surface area contributed by atoms with Crippen molar-refractivity contribution >= 4 is 28.7 Å². The normalized spacial score (nSPS) is 12.9.